The second-order valence-electron chi connectivity index (χ2n) is 8.17. The summed E-state index contributed by atoms with van der Waals surface area (Å²) in [5.41, 5.74) is 2.45. The fourth-order valence-electron chi connectivity index (χ4n) is 4.03. The first-order valence-corrected chi connectivity index (χ1v) is 11.4. The van der Waals surface area contributed by atoms with Crippen LogP contribution >= 0.6 is 12.2 Å². The Hall–Kier alpha value is -2.90. The Kier molecular flexibility index (Phi) is 7.07. The molecule has 0 radical (unpaired) electrons. The number of benzene rings is 2. The van der Waals surface area contributed by atoms with E-state index in [2.05, 4.69) is 29.4 Å². The lowest BCUT2D eigenvalue weighted by molar-refractivity contribution is 0.0895. The SMILES string of the molecule is COc1ccc2cc(CN(C[C@H]3CCCO3)C(=S)N[C@H](C)c3ccccc3)c(=O)[nH]c2c1. The lowest BCUT2D eigenvalue weighted by Crippen LogP contribution is -2.44. The van der Waals surface area contributed by atoms with Crippen LogP contribution in [0.4, 0.5) is 0 Å². The van der Waals surface area contributed by atoms with Crippen LogP contribution in [-0.2, 0) is 11.3 Å². The molecule has 6 nitrogen and oxygen atoms in total. The smallest absolute Gasteiger partial charge is 0.253 e. The summed E-state index contributed by atoms with van der Waals surface area (Å²) < 4.78 is 11.1. The Balaban J connectivity index is 1.56. The Labute approximate surface area is 193 Å². The highest BCUT2D eigenvalue weighted by molar-refractivity contribution is 7.80. The van der Waals surface area contributed by atoms with Gasteiger partial charge in [0.15, 0.2) is 5.11 Å². The van der Waals surface area contributed by atoms with Crippen LogP contribution in [-0.4, -0.2) is 41.4 Å². The van der Waals surface area contributed by atoms with E-state index in [1.165, 1.54) is 0 Å². The molecular formula is C25H29N3O3S. The molecule has 4 rings (SSSR count). The quantitative estimate of drug-likeness (QED) is 0.526. The van der Waals surface area contributed by atoms with E-state index in [4.69, 9.17) is 21.7 Å². The van der Waals surface area contributed by atoms with E-state index in [1.54, 1.807) is 7.11 Å². The van der Waals surface area contributed by atoms with E-state index in [0.29, 0.717) is 29.5 Å². The monoisotopic (exact) mass is 451 g/mol. The predicted octanol–water partition coefficient (Wildman–Crippen LogP) is 4.15. The van der Waals surface area contributed by atoms with Crippen molar-refractivity contribution in [3.8, 4) is 5.75 Å². The Morgan fingerprint density at radius 2 is 2.09 bits per heavy atom. The van der Waals surface area contributed by atoms with Crippen LogP contribution in [0.15, 0.2) is 59.4 Å². The largest absolute Gasteiger partial charge is 0.497 e. The summed E-state index contributed by atoms with van der Waals surface area (Å²) in [6.45, 7) is 3.91. The van der Waals surface area contributed by atoms with Crippen LogP contribution in [0.3, 0.4) is 0 Å². The van der Waals surface area contributed by atoms with Crippen LogP contribution < -0.4 is 15.6 Å². The second kappa shape index (κ2) is 10.1. The molecule has 0 saturated carbocycles. The first kappa shape index (κ1) is 22.3. The highest BCUT2D eigenvalue weighted by Crippen LogP contribution is 2.20. The van der Waals surface area contributed by atoms with Gasteiger partial charge in [-0.3, -0.25) is 4.79 Å². The van der Waals surface area contributed by atoms with Gasteiger partial charge < -0.3 is 24.7 Å². The summed E-state index contributed by atoms with van der Waals surface area (Å²) in [5.74, 6) is 0.709. The summed E-state index contributed by atoms with van der Waals surface area (Å²) in [6, 6.07) is 17.8. The van der Waals surface area contributed by atoms with Crippen molar-refractivity contribution < 1.29 is 9.47 Å². The minimum Gasteiger partial charge on any atom is -0.497 e. The van der Waals surface area contributed by atoms with Crippen molar-refractivity contribution in [3.63, 3.8) is 0 Å². The minimum absolute atomic E-state index is 0.0537. The standard InChI is InChI=1S/C25H29N3O3S/c1-17(18-7-4-3-5-8-18)26-25(32)28(16-22-9-6-12-31-22)15-20-13-19-10-11-21(30-2)14-23(19)27-24(20)29/h3-5,7-8,10-11,13-14,17,22H,6,9,12,15-16H2,1-2H3,(H,26,32)(H,27,29)/t17-,22-/m1/s1. The van der Waals surface area contributed by atoms with Crippen molar-refractivity contribution >= 4 is 28.2 Å². The van der Waals surface area contributed by atoms with Crippen LogP contribution in [0.2, 0.25) is 0 Å². The Morgan fingerprint density at radius 1 is 1.28 bits per heavy atom. The maximum Gasteiger partial charge on any atom is 0.253 e. The molecule has 1 aliphatic rings. The fraction of sp³-hybridized carbons (Fsp3) is 0.360. The molecule has 7 heteroatoms. The van der Waals surface area contributed by atoms with E-state index in [9.17, 15) is 4.79 Å². The van der Waals surface area contributed by atoms with E-state index < -0.39 is 0 Å². The number of nitrogens with zero attached hydrogens (tertiary/aromatic N) is 1. The Morgan fingerprint density at radius 3 is 2.81 bits per heavy atom. The zero-order valence-corrected chi connectivity index (χ0v) is 19.3. The van der Waals surface area contributed by atoms with Gasteiger partial charge in [-0.15, -0.1) is 0 Å². The number of ether oxygens (including phenoxy) is 2. The number of pyridine rings is 1. The van der Waals surface area contributed by atoms with E-state index >= 15 is 0 Å². The molecule has 3 aromatic rings. The molecule has 2 heterocycles. The summed E-state index contributed by atoms with van der Waals surface area (Å²) in [4.78, 5) is 17.9. The van der Waals surface area contributed by atoms with Crippen molar-refractivity contribution in [2.24, 2.45) is 0 Å². The van der Waals surface area contributed by atoms with Gasteiger partial charge in [0.05, 0.1) is 31.3 Å². The summed E-state index contributed by atoms with van der Waals surface area (Å²) in [6.07, 6.45) is 2.17. The minimum atomic E-state index is -0.123. The van der Waals surface area contributed by atoms with Crippen LogP contribution in [0.25, 0.3) is 10.9 Å². The third kappa shape index (κ3) is 5.29. The van der Waals surface area contributed by atoms with Crippen molar-refractivity contribution in [1.29, 1.82) is 0 Å². The molecule has 1 aromatic heterocycles. The summed E-state index contributed by atoms with van der Waals surface area (Å²) in [5, 5.41) is 5.00. The topological polar surface area (TPSA) is 66.6 Å². The van der Waals surface area contributed by atoms with E-state index in [1.807, 2.05) is 47.4 Å². The molecule has 1 fully saturated rings. The molecule has 2 N–H and O–H groups in total. The molecule has 168 valence electrons. The van der Waals surface area contributed by atoms with Gasteiger partial charge in [0.2, 0.25) is 0 Å². The molecule has 0 spiro atoms. The molecule has 0 aliphatic carbocycles. The first-order chi connectivity index (χ1) is 15.5. The summed E-state index contributed by atoms with van der Waals surface area (Å²) in [7, 11) is 1.61. The number of aromatic amines is 1. The van der Waals surface area contributed by atoms with Crippen molar-refractivity contribution in [3.05, 3.63) is 76.1 Å². The third-order valence-electron chi connectivity index (χ3n) is 5.87. The molecule has 1 aliphatic heterocycles. The lowest BCUT2D eigenvalue weighted by atomic mass is 10.1. The number of nitrogens with one attached hydrogen (secondary N) is 2. The van der Waals surface area contributed by atoms with Gasteiger partial charge >= 0.3 is 0 Å². The van der Waals surface area contributed by atoms with Gasteiger partial charge in [0.25, 0.3) is 5.56 Å². The number of methoxy groups -OCH3 is 1. The van der Waals surface area contributed by atoms with Crippen LogP contribution in [0, 0.1) is 0 Å². The molecule has 2 atom stereocenters. The highest BCUT2D eigenvalue weighted by atomic mass is 32.1. The zero-order valence-electron chi connectivity index (χ0n) is 18.5. The molecule has 0 unspecified atom stereocenters. The van der Waals surface area contributed by atoms with Gasteiger partial charge in [-0.25, -0.2) is 0 Å². The fourth-order valence-corrected chi connectivity index (χ4v) is 4.35. The van der Waals surface area contributed by atoms with Crippen molar-refractivity contribution in [2.45, 2.75) is 38.5 Å². The maximum absolute atomic E-state index is 12.9. The molecule has 32 heavy (non-hydrogen) atoms. The average molecular weight is 452 g/mol. The molecular weight excluding hydrogens is 422 g/mol. The highest BCUT2D eigenvalue weighted by Gasteiger charge is 2.23. The number of aromatic nitrogens is 1. The number of H-pyrrole nitrogens is 1. The lowest BCUT2D eigenvalue weighted by Gasteiger charge is -2.30. The number of thiocarbonyl (C=S) groups is 1. The molecule has 0 amide bonds. The van der Waals surface area contributed by atoms with Gasteiger partial charge in [-0.1, -0.05) is 30.3 Å². The van der Waals surface area contributed by atoms with Gasteiger partial charge in [0, 0.05) is 24.8 Å². The van der Waals surface area contributed by atoms with Crippen molar-refractivity contribution in [2.75, 3.05) is 20.3 Å². The Bertz CT molecular complexity index is 1130. The molecule has 1 saturated heterocycles. The molecule has 2 aromatic carbocycles. The van der Waals surface area contributed by atoms with Gasteiger partial charge in [-0.2, -0.15) is 0 Å². The summed E-state index contributed by atoms with van der Waals surface area (Å²) >= 11 is 5.79. The normalized spacial score (nSPS) is 16.6. The third-order valence-corrected chi connectivity index (χ3v) is 6.24. The van der Waals surface area contributed by atoms with Crippen LogP contribution in [0.5, 0.6) is 5.75 Å². The average Bonchev–Trinajstić information content (AvgIpc) is 3.32. The van der Waals surface area contributed by atoms with E-state index in [0.717, 1.165) is 35.9 Å². The van der Waals surface area contributed by atoms with E-state index in [-0.39, 0.29) is 17.7 Å². The number of hydrogen-bond donors (Lipinski definition) is 2. The first-order valence-electron chi connectivity index (χ1n) is 11.0. The molecule has 0 bridgehead atoms. The van der Waals surface area contributed by atoms with Crippen molar-refractivity contribution in [1.82, 2.24) is 15.2 Å². The predicted molar refractivity (Wildman–Crippen MR) is 131 cm³/mol. The van der Waals surface area contributed by atoms with Gasteiger partial charge in [-0.05, 0) is 61.1 Å². The maximum atomic E-state index is 12.9. The number of fused-ring (bicyclic) bond motifs is 1. The number of rotatable bonds is 7. The van der Waals surface area contributed by atoms with Gasteiger partial charge in [0.1, 0.15) is 5.75 Å². The second-order valence-corrected chi connectivity index (χ2v) is 8.56. The number of hydrogen-bond acceptors (Lipinski definition) is 4. The zero-order chi connectivity index (χ0) is 22.5. The van der Waals surface area contributed by atoms with Crippen LogP contribution in [0.1, 0.15) is 36.9 Å².